The molecule has 1 amide bonds. The fourth-order valence-corrected chi connectivity index (χ4v) is 1.98. The average Bonchev–Trinajstić information content (AvgIpc) is 2.85. The van der Waals surface area contributed by atoms with Crippen molar-refractivity contribution in [3.8, 4) is 17.2 Å². The summed E-state index contributed by atoms with van der Waals surface area (Å²) in [4.78, 5) is 11.7. The quantitative estimate of drug-likeness (QED) is 0.883. The number of nitrogens with zero attached hydrogens (tertiary/aromatic N) is 2. The molecule has 0 saturated heterocycles. The first-order valence-electron chi connectivity index (χ1n) is 6.46. The van der Waals surface area contributed by atoms with Gasteiger partial charge >= 0.3 is 12.1 Å². The smallest absolute Gasteiger partial charge is 0.415 e. The predicted octanol–water partition coefficient (Wildman–Crippen LogP) is 3.85. The van der Waals surface area contributed by atoms with E-state index in [-0.39, 0.29) is 11.9 Å². The van der Waals surface area contributed by atoms with Gasteiger partial charge < -0.3 is 13.9 Å². The topological polar surface area (TPSA) is 86.5 Å². The molecule has 0 aliphatic rings. The molecule has 118 valence electrons. The number of hydrogen-bond acceptors (Lipinski definition) is 6. The molecule has 0 aliphatic carbocycles. The number of ether oxygens (including phenoxy) is 2. The largest absolute Gasteiger partial charge is 0.497 e. The lowest BCUT2D eigenvalue weighted by atomic mass is 10.2. The number of carbonyl (C=O) groups is 1. The highest BCUT2D eigenvalue weighted by Gasteiger charge is 2.19. The molecule has 0 spiro atoms. The van der Waals surface area contributed by atoms with Gasteiger partial charge in [0.2, 0.25) is 0 Å². The van der Waals surface area contributed by atoms with Crippen molar-refractivity contribution in [1.29, 1.82) is 0 Å². The molecule has 0 radical (unpaired) electrons. The summed E-state index contributed by atoms with van der Waals surface area (Å²) < 4.78 is 16.4. The summed E-state index contributed by atoms with van der Waals surface area (Å²) in [6, 6.07) is 5.30. The minimum absolute atomic E-state index is 0.0426. The Kier molecular flexibility index (Phi) is 4.70. The van der Waals surface area contributed by atoms with E-state index in [9.17, 15) is 4.79 Å². The van der Waals surface area contributed by atoms with E-state index < -0.39 is 11.7 Å². The van der Waals surface area contributed by atoms with Gasteiger partial charge in [-0.25, -0.2) is 10.1 Å². The zero-order valence-electron chi connectivity index (χ0n) is 12.6. The fourth-order valence-electron chi connectivity index (χ4n) is 1.57. The lowest BCUT2D eigenvalue weighted by Gasteiger charge is -2.18. The molecular formula is C14H16BrN3O4. The Morgan fingerprint density at radius 3 is 2.68 bits per heavy atom. The van der Waals surface area contributed by atoms with Crippen LogP contribution in [-0.2, 0) is 4.74 Å². The monoisotopic (exact) mass is 369 g/mol. The van der Waals surface area contributed by atoms with Gasteiger partial charge in [0.15, 0.2) is 0 Å². The predicted molar refractivity (Wildman–Crippen MR) is 83.8 cm³/mol. The van der Waals surface area contributed by atoms with Crippen LogP contribution < -0.4 is 10.1 Å². The first kappa shape index (κ1) is 16.3. The molecule has 2 rings (SSSR count). The Balaban J connectivity index is 2.16. The lowest BCUT2D eigenvalue weighted by Crippen LogP contribution is -2.27. The van der Waals surface area contributed by atoms with Crippen LogP contribution in [0.25, 0.3) is 11.5 Å². The van der Waals surface area contributed by atoms with Gasteiger partial charge in [0.25, 0.3) is 5.89 Å². The van der Waals surface area contributed by atoms with Gasteiger partial charge in [-0.3, -0.25) is 0 Å². The van der Waals surface area contributed by atoms with Crippen molar-refractivity contribution in [3.63, 3.8) is 0 Å². The Morgan fingerprint density at radius 2 is 2.05 bits per heavy atom. The normalized spacial score (nSPS) is 11.1. The zero-order chi connectivity index (χ0) is 16.3. The molecule has 22 heavy (non-hydrogen) atoms. The number of benzene rings is 1. The molecular weight excluding hydrogens is 354 g/mol. The molecule has 7 nitrogen and oxygen atoms in total. The lowest BCUT2D eigenvalue weighted by molar-refractivity contribution is 0.0632. The fraction of sp³-hybridized carbons (Fsp3) is 0.357. The van der Waals surface area contributed by atoms with E-state index in [1.807, 2.05) is 0 Å². The Labute approximate surface area is 136 Å². The summed E-state index contributed by atoms with van der Waals surface area (Å²) in [5.74, 6) is 0.898. The second-order valence-electron chi connectivity index (χ2n) is 5.39. The highest BCUT2D eigenvalue weighted by Crippen LogP contribution is 2.31. The molecule has 0 bridgehead atoms. The molecule has 0 atom stereocenters. The number of nitrogens with one attached hydrogen (secondary N) is 1. The third kappa shape index (κ3) is 4.20. The van der Waals surface area contributed by atoms with E-state index in [4.69, 9.17) is 13.9 Å². The van der Waals surface area contributed by atoms with Crippen LogP contribution in [0.3, 0.4) is 0 Å². The van der Waals surface area contributed by atoms with Crippen LogP contribution >= 0.6 is 15.9 Å². The number of halogens is 1. The number of aromatic nitrogens is 2. The van der Waals surface area contributed by atoms with Crippen molar-refractivity contribution < 1.29 is 18.7 Å². The van der Waals surface area contributed by atoms with Gasteiger partial charge in [0.05, 0.1) is 12.7 Å². The molecule has 1 heterocycles. The third-order valence-electron chi connectivity index (χ3n) is 2.44. The minimum atomic E-state index is -0.660. The van der Waals surface area contributed by atoms with Gasteiger partial charge in [-0.15, -0.1) is 5.10 Å². The highest BCUT2D eigenvalue weighted by atomic mass is 79.9. The van der Waals surface area contributed by atoms with Crippen LogP contribution in [-0.4, -0.2) is 29.0 Å². The van der Waals surface area contributed by atoms with Gasteiger partial charge in [0.1, 0.15) is 11.4 Å². The summed E-state index contributed by atoms with van der Waals surface area (Å²) >= 11 is 3.40. The minimum Gasteiger partial charge on any atom is -0.497 e. The molecule has 0 saturated carbocycles. The van der Waals surface area contributed by atoms with E-state index in [1.165, 1.54) is 0 Å². The number of amides is 1. The maximum atomic E-state index is 11.7. The molecule has 0 aliphatic heterocycles. The van der Waals surface area contributed by atoms with Crippen molar-refractivity contribution in [2.45, 2.75) is 26.4 Å². The van der Waals surface area contributed by atoms with Crippen LogP contribution in [0, 0.1) is 0 Å². The van der Waals surface area contributed by atoms with Crippen LogP contribution in [0.2, 0.25) is 0 Å². The first-order chi connectivity index (χ1) is 10.3. The summed E-state index contributed by atoms with van der Waals surface area (Å²) in [5, 5.41) is 10.1. The van der Waals surface area contributed by atoms with E-state index in [2.05, 4.69) is 31.4 Å². The average molecular weight is 370 g/mol. The maximum absolute atomic E-state index is 11.7. The molecule has 1 aromatic heterocycles. The first-order valence-corrected chi connectivity index (χ1v) is 7.25. The van der Waals surface area contributed by atoms with E-state index in [0.29, 0.717) is 11.3 Å². The third-order valence-corrected chi connectivity index (χ3v) is 3.13. The van der Waals surface area contributed by atoms with Gasteiger partial charge in [-0.1, -0.05) is 5.10 Å². The summed E-state index contributed by atoms with van der Waals surface area (Å²) in [7, 11) is 1.57. The number of rotatable bonds is 3. The van der Waals surface area contributed by atoms with Crippen molar-refractivity contribution in [2.24, 2.45) is 0 Å². The Bertz CT molecular complexity index is 679. The molecule has 2 aromatic rings. The number of methoxy groups -OCH3 is 1. The molecule has 8 heteroatoms. The van der Waals surface area contributed by atoms with Crippen LogP contribution in [0.1, 0.15) is 20.8 Å². The van der Waals surface area contributed by atoms with Gasteiger partial charge in [0, 0.05) is 4.47 Å². The molecule has 1 aromatic carbocycles. The summed E-state index contributed by atoms with van der Waals surface area (Å²) in [5.41, 5.74) is 0.0482. The van der Waals surface area contributed by atoms with Crippen molar-refractivity contribution in [1.82, 2.24) is 10.2 Å². The second kappa shape index (κ2) is 6.35. The maximum Gasteiger partial charge on any atom is 0.415 e. The Hall–Kier alpha value is -2.09. The van der Waals surface area contributed by atoms with Crippen LogP contribution in [0.5, 0.6) is 5.75 Å². The van der Waals surface area contributed by atoms with E-state index in [1.54, 1.807) is 46.1 Å². The zero-order valence-corrected chi connectivity index (χ0v) is 14.2. The van der Waals surface area contributed by atoms with E-state index >= 15 is 0 Å². The number of carbonyl (C=O) groups excluding carboxylic acids is 1. The molecule has 1 N–H and O–H groups in total. The summed E-state index contributed by atoms with van der Waals surface area (Å²) in [6.45, 7) is 5.29. The number of hydrogen-bond donors (Lipinski definition) is 1. The van der Waals surface area contributed by atoms with Crippen molar-refractivity contribution in [2.75, 3.05) is 12.4 Å². The van der Waals surface area contributed by atoms with Gasteiger partial charge in [-0.2, -0.15) is 0 Å². The number of anilines is 1. The van der Waals surface area contributed by atoms with Gasteiger partial charge in [-0.05, 0) is 54.9 Å². The van der Waals surface area contributed by atoms with Crippen LogP contribution in [0.15, 0.2) is 27.1 Å². The van der Waals surface area contributed by atoms with Crippen molar-refractivity contribution in [3.05, 3.63) is 22.7 Å². The SMILES string of the molecule is COc1ccc(Br)c(-c2nnc(NC(=O)OC(C)(C)C)o2)c1. The second-order valence-corrected chi connectivity index (χ2v) is 6.24. The molecule has 0 unspecified atom stereocenters. The summed E-state index contributed by atoms with van der Waals surface area (Å²) in [6.07, 6.45) is -0.660. The standard InChI is InChI=1S/C14H16BrN3O4/c1-14(2,3)22-13(19)16-12-18-17-11(21-12)9-7-8(20-4)5-6-10(9)15/h5-7H,1-4H3,(H,16,18,19). The Morgan fingerprint density at radius 1 is 1.32 bits per heavy atom. The highest BCUT2D eigenvalue weighted by molar-refractivity contribution is 9.10. The van der Waals surface area contributed by atoms with Crippen LogP contribution in [0.4, 0.5) is 10.8 Å². The van der Waals surface area contributed by atoms with Crippen molar-refractivity contribution >= 4 is 28.0 Å². The molecule has 0 fully saturated rings. The van der Waals surface area contributed by atoms with E-state index in [0.717, 1.165) is 4.47 Å².